The van der Waals surface area contributed by atoms with Crippen LogP contribution >= 0.6 is 11.3 Å². The lowest BCUT2D eigenvalue weighted by Crippen LogP contribution is -2.34. The first-order valence-corrected chi connectivity index (χ1v) is 9.20. The van der Waals surface area contributed by atoms with E-state index in [-0.39, 0.29) is 30.7 Å². The number of anilines is 1. The second-order valence-electron chi connectivity index (χ2n) is 5.91. The molecular weight excluding hydrogens is 320 g/mol. The Hall–Kier alpha value is -2.14. The zero-order valence-electron chi connectivity index (χ0n) is 14.2. The van der Waals surface area contributed by atoms with Gasteiger partial charge in [-0.2, -0.15) is 11.3 Å². The molecule has 1 aromatic carbocycles. The van der Waals surface area contributed by atoms with E-state index in [1.54, 1.807) is 11.3 Å². The van der Waals surface area contributed by atoms with Crippen molar-refractivity contribution in [2.75, 3.05) is 5.32 Å². The van der Waals surface area contributed by atoms with Gasteiger partial charge in [0.1, 0.15) is 0 Å². The third-order valence-corrected chi connectivity index (χ3v) is 4.46. The number of carbonyl (C=O) groups is 2. The highest BCUT2D eigenvalue weighted by Gasteiger charge is 2.11. The molecule has 1 unspecified atom stereocenters. The topological polar surface area (TPSA) is 58.2 Å². The number of nitrogens with one attached hydrogen (secondary N) is 2. The number of hydrogen-bond acceptors (Lipinski definition) is 3. The summed E-state index contributed by atoms with van der Waals surface area (Å²) in [6, 6.07) is 9.90. The number of benzene rings is 1. The van der Waals surface area contributed by atoms with Gasteiger partial charge in [-0.05, 0) is 59.9 Å². The fourth-order valence-corrected chi connectivity index (χ4v) is 3.16. The number of thiophene rings is 1. The van der Waals surface area contributed by atoms with Crippen molar-refractivity contribution in [3.63, 3.8) is 0 Å². The quantitative estimate of drug-likeness (QED) is 0.766. The van der Waals surface area contributed by atoms with Crippen LogP contribution in [0.2, 0.25) is 0 Å². The second kappa shape index (κ2) is 9.23. The van der Waals surface area contributed by atoms with E-state index in [4.69, 9.17) is 0 Å². The van der Waals surface area contributed by atoms with Crippen LogP contribution in [0, 0.1) is 0 Å². The van der Waals surface area contributed by atoms with Gasteiger partial charge in [-0.15, -0.1) is 0 Å². The minimum Gasteiger partial charge on any atom is -0.353 e. The molecule has 2 amide bonds. The van der Waals surface area contributed by atoms with Gasteiger partial charge in [0.05, 0.1) is 0 Å². The van der Waals surface area contributed by atoms with Gasteiger partial charge in [0.2, 0.25) is 11.8 Å². The van der Waals surface area contributed by atoms with Crippen molar-refractivity contribution in [1.82, 2.24) is 5.32 Å². The standard InChI is InChI=1S/C19H24N2O2S/c1-3-15-5-4-6-17(12-15)21-19(23)8-7-18(22)20-14(2)11-16-9-10-24-13-16/h4-6,9-10,12-14H,3,7-8,11H2,1-2H3,(H,20,22)(H,21,23). The molecule has 2 N–H and O–H groups in total. The Morgan fingerprint density at radius 2 is 1.92 bits per heavy atom. The molecule has 0 bridgehead atoms. The zero-order chi connectivity index (χ0) is 17.4. The molecule has 0 saturated heterocycles. The van der Waals surface area contributed by atoms with E-state index in [0.29, 0.717) is 0 Å². The molecule has 128 valence electrons. The Morgan fingerprint density at radius 1 is 1.12 bits per heavy atom. The number of amides is 2. The summed E-state index contributed by atoms with van der Waals surface area (Å²) in [6.07, 6.45) is 2.13. The first-order chi connectivity index (χ1) is 11.6. The van der Waals surface area contributed by atoms with Crippen molar-refractivity contribution in [2.24, 2.45) is 0 Å². The number of carbonyl (C=O) groups excluding carboxylic acids is 2. The third kappa shape index (κ3) is 6.16. The summed E-state index contributed by atoms with van der Waals surface area (Å²) in [5.74, 6) is -0.223. The molecule has 0 fully saturated rings. The predicted molar refractivity (Wildman–Crippen MR) is 99.3 cm³/mol. The maximum atomic E-state index is 12.0. The second-order valence-corrected chi connectivity index (χ2v) is 6.69. The molecule has 0 radical (unpaired) electrons. The Balaban J connectivity index is 1.71. The van der Waals surface area contributed by atoms with E-state index in [0.717, 1.165) is 18.5 Å². The Morgan fingerprint density at radius 3 is 2.62 bits per heavy atom. The highest BCUT2D eigenvalue weighted by Crippen LogP contribution is 2.12. The van der Waals surface area contributed by atoms with Crippen molar-refractivity contribution in [3.8, 4) is 0 Å². The minimum absolute atomic E-state index is 0.0661. The molecular formula is C19H24N2O2S. The van der Waals surface area contributed by atoms with Crippen LogP contribution in [0.3, 0.4) is 0 Å². The summed E-state index contributed by atoms with van der Waals surface area (Å²) in [6.45, 7) is 4.05. The van der Waals surface area contributed by atoms with Crippen LogP contribution in [0.5, 0.6) is 0 Å². The molecule has 0 aliphatic heterocycles. The predicted octanol–water partition coefficient (Wildman–Crippen LogP) is 3.78. The summed E-state index contributed by atoms with van der Waals surface area (Å²) in [7, 11) is 0. The Bertz CT molecular complexity index is 668. The average Bonchev–Trinajstić information content (AvgIpc) is 3.06. The number of aryl methyl sites for hydroxylation is 1. The van der Waals surface area contributed by atoms with Crippen LogP contribution < -0.4 is 10.6 Å². The average molecular weight is 344 g/mol. The fraction of sp³-hybridized carbons (Fsp3) is 0.368. The van der Waals surface area contributed by atoms with Crippen LogP contribution in [0.1, 0.15) is 37.8 Å². The van der Waals surface area contributed by atoms with Gasteiger partial charge >= 0.3 is 0 Å². The van der Waals surface area contributed by atoms with Gasteiger partial charge in [0, 0.05) is 24.6 Å². The van der Waals surface area contributed by atoms with Crippen LogP contribution in [-0.4, -0.2) is 17.9 Å². The Labute approximate surface area is 147 Å². The highest BCUT2D eigenvalue weighted by atomic mass is 32.1. The largest absolute Gasteiger partial charge is 0.353 e. The van der Waals surface area contributed by atoms with E-state index >= 15 is 0 Å². The molecule has 0 aliphatic carbocycles. The lowest BCUT2D eigenvalue weighted by atomic mass is 10.1. The lowest BCUT2D eigenvalue weighted by molar-refractivity contribution is -0.124. The van der Waals surface area contributed by atoms with E-state index in [9.17, 15) is 9.59 Å². The van der Waals surface area contributed by atoms with Gasteiger partial charge < -0.3 is 10.6 Å². The van der Waals surface area contributed by atoms with Crippen molar-refractivity contribution >= 4 is 28.8 Å². The first-order valence-electron chi connectivity index (χ1n) is 8.26. The minimum atomic E-state index is -0.135. The zero-order valence-corrected chi connectivity index (χ0v) is 15.0. The maximum Gasteiger partial charge on any atom is 0.224 e. The number of rotatable bonds is 8. The summed E-state index contributed by atoms with van der Waals surface area (Å²) < 4.78 is 0. The highest BCUT2D eigenvalue weighted by molar-refractivity contribution is 7.07. The monoisotopic (exact) mass is 344 g/mol. The third-order valence-electron chi connectivity index (χ3n) is 3.73. The summed E-state index contributed by atoms with van der Waals surface area (Å²) in [5, 5.41) is 9.90. The molecule has 1 atom stereocenters. The van der Waals surface area contributed by atoms with Crippen LogP contribution in [-0.2, 0) is 22.4 Å². The van der Waals surface area contributed by atoms with E-state index < -0.39 is 0 Å². The van der Waals surface area contributed by atoms with E-state index in [1.807, 2.05) is 36.6 Å². The van der Waals surface area contributed by atoms with E-state index in [1.165, 1.54) is 11.1 Å². The van der Waals surface area contributed by atoms with Gasteiger partial charge in [0.15, 0.2) is 0 Å². The summed E-state index contributed by atoms with van der Waals surface area (Å²) in [4.78, 5) is 23.9. The van der Waals surface area contributed by atoms with Crippen LogP contribution in [0.25, 0.3) is 0 Å². The molecule has 2 rings (SSSR count). The molecule has 1 aromatic heterocycles. The maximum absolute atomic E-state index is 12.0. The summed E-state index contributed by atoms with van der Waals surface area (Å²) >= 11 is 1.65. The van der Waals surface area contributed by atoms with E-state index in [2.05, 4.69) is 29.0 Å². The molecule has 2 aromatic rings. The molecule has 1 heterocycles. The lowest BCUT2D eigenvalue weighted by Gasteiger charge is -2.13. The summed E-state index contributed by atoms with van der Waals surface area (Å²) in [5.41, 5.74) is 3.18. The SMILES string of the molecule is CCc1cccc(NC(=O)CCC(=O)NC(C)Cc2ccsc2)c1. The van der Waals surface area contributed by atoms with Crippen molar-refractivity contribution in [2.45, 2.75) is 45.6 Å². The molecule has 5 heteroatoms. The number of hydrogen-bond donors (Lipinski definition) is 2. The molecule has 0 spiro atoms. The molecule has 0 aliphatic rings. The van der Waals surface area contributed by atoms with Gasteiger partial charge in [-0.3, -0.25) is 9.59 Å². The Kier molecular flexibility index (Phi) is 7.00. The van der Waals surface area contributed by atoms with Crippen molar-refractivity contribution < 1.29 is 9.59 Å². The molecule has 0 saturated carbocycles. The smallest absolute Gasteiger partial charge is 0.224 e. The van der Waals surface area contributed by atoms with Crippen molar-refractivity contribution in [1.29, 1.82) is 0 Å². The molecule has 4 nitrogen and oxygen atoms in total. The van der Waals surface area contributed by atoms with Crippen LogP contribution in [0.15, 0.2) is 41.1 Å². The van der Waals surface area contributed by atoms with Gasteiger partial charge in [-0.25, -0.2) is 0 Å². The molecule has 24 heavy (non-hydrogen) atoms. The van der Waals surface area contributed by atoms with Crippen LogP contribution in [0.4, 0.5) is 5.69 Å². The first kappa shape index (κ1) is 18.2. The van der Waals surface area contributed by atoms with Crippen molar-refractivity contribution in [3.05, 3.63) is 52.2 Å². The fourth-order valence-electron chi connectivity index (χ4n) is 2.48. The van der Waals surface area contributed by atoms with Gasteiger partial charge in [-0.1, -0.05) is 19.1 Å². The normalized spacial score (nSPS) is 11.8. The van der Waals surface area contributed by atoms with Gasteiger partial charge in [0.25, 0.3) is 0 Å².